The molecule has 0 saturated heterocycles. The van der Waals surface area contributed by atoms with Crippen LogP contribution in [0.15, 0.2) is 121 Å². The molecule has 0 aliphatic carbocycles. The molecular weight excluding hydrogens is 572 g/mol. The van der Waals surface area contributed by atoms with Gasteiger partial charge in [-0.3, -0.25) is 0 Å². The first kappa shape index (κ1) is 29.8. The first-order chi connectivity index (χ1) is 16.7. The molecule has 2 radical (unpaired) electrons. The zero-order valence-electron chi connectivity index (χ0n) is 21.5. The van der Waals surface area contributed by atoms with E-state index >= 15 is 0 Å². The number of hydrogen-bond acceptors (Lipinski definition) is 0. The Kier molecular flexibility index (Phi) is 11.8. The van der Waals surface area contributed by atoms with Crippen LogP contribution in [0.3, 0.4) is 0 Å². The summed E-state index contributed by atoms with van der Waals surface area (Å²) in [6.07, 6.45) is 0. The number of fused-ring (bicyclic) bond motifs is 2. The first-order valence-corrected chi connectivity index (χ1v) is 18.8. The van der Waals surface area contributed by atoms with Crippen LogP contribution in [0.4, 0.5) is 0 Å². The molecule has 180 valence electrons. The number of rotatable bonds is 2. The van der Waals surface area contributed by atoms with Gasteiger partial charge in [-0.05, 0) is 11.1 Å². The van der Waals surface area contributed by atoms with Gasteiger partial charge in [-0.2, -0.15) is 12.1 Å². The average Bonchev–Trinajstić information content (AvgIpc) is 3.47. The molecule has 6 aromatic carbocycles. The molecule has 0 saturated carbocycles. The van der Waals surface area contributed by atoms with Crippen molar-refractivity contribution in [3.63, 3.8) is 0 Å². The van der Waals surface area contributed by atoms with E-state index in [-0.39, 0.29) is 14.9 Å². The van der Waals surface area contributed by atoms with Gasteiger partial charge in [0.2, 0.25) is 0 Å². The molecule has 0 spiro atoms. The third kappa shape index (κ3) is 6.84. The Morgan fingerprint density at radius 1 is 0.500 bits per heavy atom. The fourth-order valence-electron chi connectivity index (χ4n) is 4.51. The second-order valence-electron chi connectivity index (χ2n) is 8.41. The Morgan fingerprint density at radius 2 is 0.861 bits per heavy atom. The fourth-order valence-corrected chi connectivity index (χ4v) is 4.51. The van der Waals surface area contributed by atoms with Gasteiger partial charge in [0.25, 0.3) is 0 Å². The van der Waals surface area contributed by atoms with Gasteiger partial charge in [0.1, 0.15) is 0 Å². The molecular formula is C34H32GeZr-4. The van der Waals surface area contributed by atoms with Crippen molar-refractivity contribution in [1.82, 2.24) is 0 Å². The second kappa shape index (κ2) is 14.3. The zero-order chi connectivity index (χ0) is 23.9. The van der Waals surface area contributed by atoms with Crippen LogP contribution in [-0.4, -0.2) is 12.1 Å². The van der Waals surface area contributed by atoms with Crippen molar-refractivity contribution in [2.75, 3.05) is 0 Å². The van der Waals surface area contributed by atoms with Crippen LogP contribution in [0, 0.1) is 28.7 Å². The van der Waals surface area contributed by atoms with Gasteiger partial charge in [0, 0.05) is 0 Å². The molecule has 6 rings (SSSR count). The van der Waals surface area contributed by atoms with Crippen LogP contribution in [0.5, 0.6) is 0 Å². The van der Waals surface area contributed by atoms with Crippen molar-refractivity contribution >= 4 is 33.7 Å². The Morgan fingerprint density at radius 3 is 1.22 bits per heavy atom. The summed E-state index contributed by atoms with van der Waals surface area (Å²) in [6.45, 7) is 4.30. The van der Waals surface area contributed by atoms with Gasteiger partial charge in [0.05, 0.1) is 0 Å². The maximum absolute atomic E-state index is 2.26. The quantitative estimate of drug-likeness (QED) is 0.136. The molecule has 0 bridgehead atoms. The summed E-state index contributed by atoms with van der Waals surface area (Å²) >= 11 is 3.64. The van der Waals surface area contributed by atoms with E-state index in [1.807, 2.05) is 0 Å². The summed E-state index contributed by atoms with van der Waals surface area (Å²) in [5.41, 5.74) is 7.89. The minimum absolute atomic E-state index is 0. The van der Waals surface area contributed by atoms with E-state index in [4.69, 9.17) is 0 Å². The van der Waals surface area contributed by atoms with Crippen LogP contribution < -0.4 is 0 Å². The Balaban J connectivity index is 0.000000226. The molecule has 0 aliphatic rings. The molecule has 0 atom stereocenters. The Labute approximate surface area is 237 Å². The van der Waals surface area contributed by atoms with Crippen molar-refractivity contribution < 1.29 is 21.6 Å². The molecule has 0 heterocycles. The molecule has 0 N–H and O–H groups in total. The van der Waals surface area contributed by atoms with Crippen LogP contribution in [-0.2, 0) is 21.6 Å². The van der Waals surface area contributed by atoms with Gasteiger partial charge >= 0.3 is 33.7 Å². The van der Waals surface area contributed by atoms with E-state index in [9.17, 15) is 0 Å². The summed E-state index contributed by atoms with van der Waals surface area (Å²) in [5.74, 6) is 0. The molecule has 6 aromatic rings. The summed E-state index contributed by atoms with van der Waals surface area (Å²) in [6, 6.07) is 43.1. The molecule has 0 amide bonds. The molecule has 36 heavy (non-hydrogen) atoms. The van der Waals surface area contributed by atoms with Gasteiger partial charge in [0.15, 0.2) is 0 Å². The van der Waals surface area contributed by atoms with E-state index in [0.29, 0.717) is 0 Å². The molecule has 0 aromatic heterocycles. The van der Waals surface area contributed by atoms with Crippen molar-refractivity contribution in [2.24, 2.45) is 0 Å². The predicted molar refractivity (Wildman–Crippen MR) is 158 cm³/mol. The van der Waals surface area contributed by atoms with Crippen LogP contribution >= 0.6 is 0 Å². The summed E-state index contributed by atoms with van der Waals surface area (Å²) in [4.78, 5) is 0. The monoisotopic (exact) mass is 604 g/mol. The second-order valence-corrected chi connectivity index (χ2v) is 8.41. The Hall–Kier alpha value is -2.47. The molecule has 0 aliphatic heterocycles. The average molecular weight is 604 g/mol. The van der Waals surface area contributed by atoms with E-state index in [0.717, 1.165) is 0 Å². The van der Waals surface area contributed by atoms with E-state index in [1.165, 1.54) is 54.9 Å². The first-order valence-electron chi connectivity index (χ1n) is 11.4. The van der Waals surface area contributed by atoms with E-state index in [1.54, 1.807) is 21.6 Å². The van der Waals surface area contributed by atoms with Crippen molar-refractivity contribution in [3.05, 3.63) is 147 Å². The Bertz CT molecular complexity index is 1370. The predicted octanol–water partition coefficient (Wildman–Crippen LogP) is 9.59. The third-order valence-corrected chi connectivity index (χ3v) is 5.96. The molecule has 0 unspecified atom stereocenters. The van der Waals surface area contributed by atoms with E-state index in [2.05, 4.69) is 147 Å². The van der Waals surface area contributed by atoms with Gasteiger partial charge in [-0.15, -0.1) is 69.1 Å². The maximum atomic E-state index is 2.26. The third-order valence-electron chi connectivity index (χ3n) is 5.96. The topological polar surface area (TPSA) is 0 Å². The normalized spacial score (nSPS) is 9.69. The SMILES string of the molecule is Cc1cc2c(-c3ccccc3)cccc2[cH-]1.Cc1cc2c(-c3ccccc3)cccc2[cH-]1.[CH3-].[CH3-].[Ge]=[Zr]. The van der Waals surface area contributed by atoms with Crippen LogP contribution in [0.1, 0.15) is 11.1 Å². The van der Waals surface area contributed by atoms with E-state index < -0.39 is 0 Å². The molecule has 2 heteroatoms. The molecule has 0 nitrogen and oxygen atoms in total. The number of benzene rings is 4. The van der Waals surface area contributed by atoms with Crippen LogP contribution in [0.25, 0.3) is 43.8 Å². The van der Waals surface area contributed by atoms with Gasteiger partial charge in [-0.25, -0.2) is 0 Å². The van der Waals surface area contributed by atoms with Crippen molar-refractivity contribution in [3.8, 4) is 22.3 Å². The number of aryl methyl sites for hydroxylation is 2. The molecule has 0 fully saturated rings. The minimum atomic E-state index is 0. The summed E-state index contributed by atoms with van der Waals surface area (Å²) in [5, 5.41) is 5.37. The standard InChI is InChI=1S/2C16H13.2CH3.Ge.Zr/c2*1-12-10-14-8-5-9-15(16(14)11-12)13-6-3-2-4-7-13;;;;/h2*2-11H,1H3;2*1H3;;/q4*-1;;. The van der Waals surface area contributed by atoms with Crippen LogP contribution in [0.2, 0.25) is 0 Å². The number of hydrogen-bond donors (Lipinski definition) is 0. The summed E-state index contributed by atoms with van der Waals surface area (Å²) < 4.78 is 0. The van der Waals surface area contributed by atoms with Crippen molar-refractivity contribution in [2.45, 2.75) is 13.8 Å². The van der Waals surface area contributed by atoms with Gasteiger partial charge < -0.3 is 14.9 Å². The zero-order valence-corrected chi connectivity index (χ0v) is 26.1. The fraction of sp³-hybridized carbons (Fsp3) is 0.0588. The van der Waals surface area contributed by atoms with Gasteiger partial charge in [-0.1, -0.05) is 97.8 Å². The summed E-state index contributed by atoms with van der Waals surface area (Å²) in [7, 11) is 0. The van der Waals surface area contributed by atoms with Crippen molar-refractivity contribution in [1.29, 1.82) is 0 Å².